The van der Waals surface area contributed by atoms with E-state index in [1.54, 1.807) is 4.90 Å². The van der Waals surface area contributed by atoms with Gasteiger partial charge in [-0.25, -0.2) is 4.39 Å². The van der Waals surface area contributed by atoms with Gasteiger partial charge in [-0.15, -0.1) is 0 Å². The molecular weight excluding hydrogens is 313 g/mol. The number of carbonyl (C=O) groups is 1. The van der Waals surface area contributed by atoms with Crippen molar-refractivity contribution in [2.75, 3.05) is 16.8 Å². The van der Waals surface area contributed by atoms with Crippen LogP contribution in [0.4, 0.5) is 21.5 Å². The van der Waals surface area contributed by atoms with Crippen molar-refractivity contribution in [1.82, 2.24) is 0 Å². The van der Waals surface area contributed by atoms with Gasteiger partial charge in [-0.2, -0.15) is 0 Å². The topological polar surface area (TPSA) is 75.5 Å². The zero-order chi connectivity index (χ0) is 17.3. The number of hydrogen-bond donors (Lipinski definition) is 1. The third-order valence-electron chi connectivity index (χ3n) is 4.05. The minimum atomic E-state index is -0.506. The fourth-order valence-corrected chi connectivity index (χ4v) is 3.03. The Balaban J connectivity index is 1.95. The molecule has 0 unspecified atom stereocenters. The van der Waals surface area contributed by atoms with Gasteiger partial charge in [0.2, 0.25) is 5.91 Å². The number of carbonyl (C=O) groups excluding carboxylic acids is 1. The van der Waals surface area contributed by atoms with E-state index in [1.165, 1.54) is 19.1 Å². The van der Waals surface area contributed by atoms with E-state index in [9.17, 15) is 19.3 Å². The van der Waals surface area contributed by atoms with Gasteiger partial charge in [0, 0.05) is 37.8 Å². The number of rotatable bonds is 3. The molecule has 1 heterocycles. The molecule has 0 fully saturated rings. The zero-order valence-electron chi connectivity index (χ0n) is 13.1. The highest BCUT2D eigenvalue weighted by Crippen LogP contribution is 2.34. The summed E-state index contributed by atoms with van der Waals surface area (Å²) in [5.74, 6) is -0.653. The van der Waals surface area contributed by atoms with Gasteiger partial charge in [0.25, 0.3) is 5.69 Å². The van der Waals surface area contributed by atoms with Crippen molar-refractivity contribution < 1.29 is 14.1 Å². The van der Waals surface area contributed by atoms with Gasteiger partial charge >= 0.3 is 0 Å². The van der Waals surface area contributed by atoms with E-state index in [2.05, 4.69) is 5.32 Å². The standard InChI is InChI=1S/C17H16FN3O3/c1-11(22)19-15-4-2-3-12-10-20(8-7-14(12)15)17-9-13(18)5-6-16(17)21(23)24/h2-6,9H,7-8,10H2,1H3,(H,19,22). The molecule has 0 saturated carbocycles. The van der Waals surface area contributed by atoms with E-state index in [4.69, 9.17) is 0 Å². The molecule has 1 aliphatic rings. The van der Waals surface area contributed by atoms with Gasteiger partial charge in [0.1, 0.15) is 11.5 Å². The third-order valence-corrected chi connectivity index (χ3v) is 4.05. The highest BCUT2D eigenvalue weighted by atomic mass is 19.1. The summed E-state index contributed by atoms with van der Waals surface area (Å²) in [6.07, 6.45) is 0.611. The second-order valence-electron chi connectivity index (χ2n) is 5.69. The third kappa shape index (κ3) is 3.05. The van der Waals surface area contributed by atoms with Crippen molar-refractivity contribution in [3.05, 3.63) is 63.5 Å². The lowest BCUT2D eigenvalue weighted by Crippen LogP contribution is -2.31. The van der Waals surface area contributed by atoms with Crippen molar-refractivity contribution in [3.8, 4) is 0 Å². The van der Waals surface area contributed by atoms with Gasteiger partial charge < -0.3 is 10.2 Å². The first-order valence-corrected chi connectivity index (χ1v) is 7.53. The molecule has 0 radical (unpaired) electrons. The predicted octanol–water partition coefficient (Wildman–Crippen LogP) is 3.26. The van der Waals surface area contributed by atoms with Crippen LogP contribution in [0.5, 0.6) is 0 Å². The quantitative estimate of drug-likeness (QED) is 0.693. The van der Waals surface area contributed by atoms with Crippen LogP contribution in [0.2, 0.25) is 0 Å². The van der Waals surface area contributed by atoms with Crippen LogP contribution in [0.25, 0.3) is 0 Å². The number of nitro groups is 1. The fraction of sp³-hybridized carbons (Fsp3) is 0.235. The molecule has 24 heavy (non-hydrogen) atoms. The van der Waals surface area contributed by atoms with Crippen LogP contribution in [0.1, 0.15) is 18.1 Å². The number of hydrogen-bond acceptors (Lipinski definition) is 4. The van der Waals surface area contributed by atoms with Gasteiger partial charge in [-0.3, -0.25) is 14.9 Å². The van der Waals surface area contributed by atoms with Crippen LogP contribution in [0, 0.1) is 15.9 Å². The van der Waals surface area contributed by atoms with E-state index in [0.717, 1.165) is 22.9 Å². The molecule has 0 aromatic heterocycles. The van der Waals surface area contributed by atoms with Crippen molar-refractivity contribution in [2.24, 2.45) is 0 Å². The molecule has 0 bridgehead atoms. The number of anilines is 2. The predicted molar refractivity (Wildman–Crippen MR) is 88.6 cm³/mol. The lowest BCUT2D eigenvalue weighted by molar-refractivity contribution is -0.384. The molecule has 6 nitrogen and oxygen atoms in total. The average molecular weight is 329 g/mol. The summed E-state index contributed by atoms with van der Waals surface area (Å²) < 4.78 is 13.6. The molecule has 0 aliphatic carbocycles. The van der Waals surface area contributed by atoms with Gasteiger partial charge in [0.05, 0.1) is 4.92 Å². The Morgan fingerprint density at radius 1 is 1.33 bits per heavy atom. The molecule has 1 N–H and O–H groups in total. The molecule has 0 saturated heterocycles. The van der Waals surface area contributed by atoms with Crippen LogP contribution in [0.3, 0.4) is 0 Å². The minimum Gasteiger partial charge on any atom is -0.361 e. The van der Waals surface area contributed by atoms with Crippen LogP contribution in [0.15, 0.2) is 36.4 Å². The molecule has 0 atom stereocenters. The summed E-state index contributed by atoms with van der Waals surface area (Å²) in [6.45, 7) is 2.38. The number of halogens is 1. The van der Waals surface area contributed by atoms with Crippen LogP contribution < -0.4 is 10.2 Å². The van der Waals surface area contributed by atoms with E-state index in [1.807, 2.05) is 18.2 Å². The molecule has 0 spiro atoms. The highest BCUT2D eigenvalue weighted by Gasteiger charge is 2.25. The Hall–Kier alpha value is -2.96. The second-order valence-corrected chi connectivity index (χ2v) is 5.69. The van der Waals surface area contributed by atoms with Crippen molar-refractivity contribution in [2.45, 2.75) is 19.9 Å². The van der Waals surface area contributed by atoms with E-state index < -0.39 is 10.7 Å². The van der Waals surface area contributed by atoms with Crippen LogP contribution >= 0.6 is 0 Å². The van der Waals surface area contributed by atoms with Crippen molar-refractivity contribution in [3.63, 3.8) is 0 Å². The largest absolute Gasteiger partial charge is 0.361 e. The Kier molecular flexibility index (Phi) is 4.16. The molecule has 2 aromatic rings. The smallest absolute Gasteiger partial charge is 0.292 e. The lowest BCUT2D eigenvalue weighted by Gasteiger charge is -2.31. The first-order chi connectivity index (χ1) is 11.5. The minimum absolute atomic E-state index is 0.113. The first-order valence-electron chi connectivity index (χ1n) is 7.53. The molecule has 3 rings (SSSR count). The number of amides is 1. The molecule has 7 heteroatoms. The van der Waals surface area contributed by atoms with Crippen LogP contribution in [-0.2, 0) is 17.8 Å². The Morgan fingerprint density at radius 2 is 2.12 bits per heavy atom. The Bertz CT molecular complexity index is 823. The number of nitrogens with one attached hydrogen (secondary N) is 1. The SMILES string of the molecule is CC(=O)Nc1cccc2c1CCN(c1cc(F)ccc1[N+](=O)[O-])C2. The van der Waals surface area contributed by atoms with Crippen molar-refractivity contribution in [1.29, 1.82) is 0 Å². The van der Waals surface area contributed by atoms with Gasteiger partial charge in [-0.1, -0.05) is 12.1 Å². The fourth-order valence-electron chi connectivity index (χ4n) is 3.03. The summed E-state index contributed by atoms with van der Waals surface area (Å²) >= 11 is 0. The Morgan fingerprint density at radius 3 is 2.83 bits per heavy atom. The second kappa shape index (κ2) is 6.27. The molecule has 1 aliphatic heterocycles. The van der Waals surface area contributed by atoms with E-state index >= 15 is 0 Å². The molecule has 1 amide bonds. The summed E-state index contributed by atoms with van der Waals surface area (Å²) in [5.41, 5.74) is 2.90. The summed E-state index contributed by atoms with van der Waals surface area (Å²) in [5, 5.41) is 14.0. The zero-order valence-corrected chi connectivity index (χ0v) is 13.1. The molecule has 2 aromatic carbocycles. The van der Waals surface area contributed by atoms with E-state index in [-0.39, 0.29) is 17.3 Å². The Labute approximate surface area is 138 Å². The monoisotopic (exact) mass is 329 g/mol. The summed E-state index contributed by atoms with van der Waals surface area (Å²) in [4.78, 5) is 23.8. The lowest BCUT2D eigenvalue weighted by atomic mass is 9.97. The maximum absolute atomic E-state index is 13.6. The maximum atomic E-state index is 13.6. The molecule has 124 valence electrons. The highest BCUT2D eigenvalue weighted by molar-refractivity contribution is 5.89. The number of nitro benzene ring substituents is 1. The number of benzene rings is 2. The first kappa shape index (κ1) is 15.9. The average Bonchev–Trinajstić information content (AvgIpc) is 2.53. The van der Waals surface area contributed by atoms with Gasteiger partial charge in [-0.05, 0) is 29.7 Å². The summed E-state index contributed by atoms with van der Waals surface area (Å²) in [7, 11) is 0. The maximum Gasteiger partial charge on any atom is 0.292 e. The normalized spacial score (nSPS) is 13.3. The van der Waals surface area contributed by atoms with E-state index in [0.29, 0.717) is 19.5 Å². The van der Waals surface area contributed by atoms with Crippen molar-refractivity contribution >= 4 is 23.0 Å². The van der Waals surface area contributed by atoms with Gasteiger partial charge in [0.15, 0.2) is 0 Å². The van der Waals surface area contributed by atoms with Crippen LogP contribution in [-0.4, -0.2) is 17.4 Å². The number of nitrogens with zero attached hydrogens (tertiary/aromatic N) is 2. The molecular formula is C17H16FN3O3. The summed E-state index contributed by atoms with van der Waals surface area (Å²) in [6, 6.07) is 9.05. The number of fused-ring (bicyclic) bond motifs is 1.